The molecule has 0 unspecified atom stereocenters. The number of hydrogen-bond donors (Lipinski definition) is 0. The summed E-state index contributed by atoms with van der Waals surface area (Å²) < 4.78 is 5.38. The Kier molecular flexibility index (Phi) is 5.79. The maximum atomic E-state index is 5.19. The molecule has 0 saturated carbocycles. The average Bonchev–Trinajstić information content (AvgIpc) is 2.81. The van der Waals surface area contributed by atoms with Gasteiger partial charge in [0, 0.05) is 0 Å². The summed E-state index contributed by atoms with van der Waals surface area (Å²) in [6.07, 6.45) is 0. The summed E-state index contributed by atoms with van der Waals surface area (Å²) in [5, 5.41) is 1.27. The number of aromatic nitrogens is 1. The second-order valence-electron chi connectivity index (χ2n) is 6.83. The molecule has 0 saturated heterocycles. The van der Waals surface area contributed by atoms with E-state index in [9.17, 15) is 0 Å². The van der Waals surface area contributed by atoms with Crippen LogP contribution in [0.5, 0.6) is 0 Å². The molecule has 0 bridgehead atoms. The molecule has 1 aromatic heterocycles. The normalized spacial score (nSPS) is 10.9. The number of hydrogen-bond acceptors (Lipinski definition) is 1. The number of fused-ring (bicyclic) bond motifs is 1. The summed E-state index contributed by atoms with van der Waals surface area (Å²) in [5.74, 6) is 0. The Balaban J connectivity index is 1.77. The molecule has 3 heteroatoms. The second-order valence-corrected chi connectivity index (χ2v) is 11.3. The van der Waals surface area contributed by atoms with Crippen LogP contribution in [0.1, 0.15) is 0 Å². The van der Waals surface area contributed by atoms with E-state index in [1.54, 1.807) is 0 Å². The van der Waals surface area contributed by atoms with Crippen molar-refractivity contribution in [2.45, 2.75) is 0 Å². The van der Waals surface area contributed by atoms with Gasteiger partial charge in [0.05, 0.1) is 0 Å². The van der Waals surface area contributed by atoms with E-state index in [0.29, 0.717) is 0 Å². The van der Waals surface area contributed by atoms with E-state index in [0.717, 1.165) is 5.52 Å². The summed E-state index contributed by atoms with van der Waals surface area (Å²) in [6, 6.07) is 41.0. The van der Waals surface area contributed by atoms with Crippen molar-refractivity contribution >= 4 is 58.8 Å². The zero-order valence-corrected chi connectivity index (χ0v) is 19.7. The Morgan fingerprint density at radius 1 is 0.500 bits per heavy atom. The zero-order valence-electron chi connectivity index (χ0n) is 16.2. The van der Waals surface area contributed by atoms with Crippen molar-refractivity contribution in [1.82, 2.24) is 4.98 Å². The molecule has 1 heterocycles. The summed E-state index contributed by atoms with van der Waals surface area (Å²) >= 11 is 0.328. The Morgan fingerprint density at radius 3 is 1.70 bits per heavy atom. The molecule has 0 aliphatic heterocycles. The van der Waals surface area contributed by atoms with Gasteiger partial charge in [-0.05, 0) is 0 Å². The minimum absolute atomic E-state index is 0.137. The third kappa shape index (κ3) is 4.12. The zero-order chi connectivity index (χ0) is 20.2. The van der Waals surface area contributed by atoms with Crippen LogP contribution >= 0.6 is 0 Å². The molecule has 0 aliphatic rings. The van der Waals surface area contributed by atoms with Crippen LogP contribution in [0.4, 0.5) is 0 Å². The summed E-state index contributed by atoms with van der Waals surface area (Å²) in [6.45, 7) is 0. The van der Waals surface area contributed by atoms with Crippen molar-refractivity contribution in [3.63, 3.8) is 0 Å². The molecule has 0 atom stereocenters. The monoisotopic (exact) mass is 517 g/mol. The Bertz CT molecular complexity index is 1270. The number of rotatable bonds is 5. The van der Waals surface area contributed by atoms with Gasteiger partial charge >= 0.3 is 190 Å². The van der Waals surface area contributed by atoms with Gasteiger partial charge in [0.2, 0.25) is 0 Å². The van der Waals surface area contributed by atoms with E-state index >= 15 is 0 Å². The fourth-order valence-electron chi connectivity index (χ4n) is 3.41. The van der Waals surface area contributed by atoms with Crippen LogP contribution in [0.3, 0.4) is 0 Å². The molecule has 0 radical (unpaired) electrons. The average molecular weight is 515 g/mol. The van der Waals surface area contributed by atoms with E-state index in [1.165, 1.54) is 34.5 Å². The first-order valence-corrected chi connectivity index (χ1v) is 13.2. The Hall–Kier alpha value is -2.67. The van der Waals surface area contributed by atoms with Crippen molar-refractivity contribution in [1.29, 1.82) is 0 Å². The molecule has 0 N–H and O–H groups in total. The fraction of sp³-hybridized carbons (Fsp3) is 0. The maximum absolute atomic E-state index is 5.19. The number of benzene rings is 4. The summed E-state index contributed by atoms with van der Waals surface area (Å²) in [7, 11) is 0. The van der Waals surface area contributed by atoms with Gasteiger partial charge < -0.3 is 0 Å². The van der Waals surface area contributed by atoms with Gasteiger partial charge in [-0.25, -0.2) is 0 Å². The molecule has 0 amide bonds. The van der Waals surface area contributed by atoms with E-state index < -0.39 is 0 Å². The molecule has 0 spiro atoms. The van der Waals surface area contributed by atoms with Crippen LogP contribution in [0.15, 0.2) is 115 Å². The number of nitrogens with zero attached hydrogens (tertiary/aromatic N) is 1. The molecule has 0 aliphatic carbocycles. The van der Waals surface area contributed by atoms with Gasteiger partial charge in [0.15, 0.2) is 0 Å². The van der Waals surface area contributed by atoms with Crippen LogP contribution < -0.4 is 18.0 Å². The Labute approximate surface area is 189 Å². The SMILES string of the molecule is c1ccc([Se]c2nc3ccccc3c([Se]c3ccccc3)c2-c2ccccc2)cc1. The minimum atomic E-state index is 0.137. The molecular formula is C27H19NSe2. The molecule has 4 aromatic carbocycles. The van der Waals surface area contributed by atoms with Gasteiger partial charge in [-0.2, -0.15) is 0 Å². The molecule has 30 heavy (non-hydrogen) atoms. The van der Waals surface area contributed by atoms with E-state index in [-0.39, 0.29) is 29.9 Å². The number of para-hydroxylation sites is 1. The van der Waals surface area contributed by atoms with Crippen molar-refractivity contribution < 1.29 is 0 Å². The molecule has 5 aromatic rings. The molecule has 5 rings (SSSR count). The van der Waals surface area contributed by atoms with Gasteiger partial charge in [-0.15, -0.1) is 0 Å². The second kappa shape index (κ2) is 9.00. The van der Waals surface area contributed by atoms with E-state index in [4.69, 9.17) is 4.98 Å². The van der Waals surface area contributed by atoms with Crippen LogP contribution in [0.25, 0.3) is 22.0 Å². The quantitative estimate of drug-likeness (QED) is 0.328. The van der Waals surface area contributed by atoms with Gasteiger partial charge in [-0.1, -0.05) is 0 Å². The summed E-state index contributed by atoms with van der Waals surface area (Å²) in [5.41, 5.74) is 3.68. The van der Waals surface area contributed by atoms with Crippen LogP contribution in [-0.2, 0) is 0 Å². The fourth-order valence-corrected chi connectivity index (χ4v) is 8.16. The molecule has 1 nitrogen and oxygen atoms in total. The number of pyridine rings is 1. The standard InChI is InChI=1S/C27H19NSe2/c1-4-12-20(13-5-1)25-26(29-21-14-6-2-7-15-21)23-18-10-11-19-24(23)28-27(25)30-22-16-8-3-9-17-22/h1-19H. The molecular weight excluding hydrogens is 496 g/mol. The third-order valence-corrected chi connectivity index (χ3v) is 9.27. The summed E-state index contributed by atoms with van der Waals surface area (Å²) in [4.78, 5) is 5.19. The van der Waals surface area contributed by atoms with Crippen LogP contribution in [0, 0.1) is 0 Å². The first-order valence-electron chi connectivity index (χ1n) is 9.82. The van der Waals surface area contributed by atoms with Crippen LogP contribution in [-0.4, -0.2) is 34.9 Å². The Morgan fingerprint density at radius 2 is 1.03 bits per heavy atom. The van der Waals surface area contributed by atoms with Crippen molar-refractivity contribution in [2.75, 3.05) is 0 Å². The molecule has 144 valence electrons. The third-order valence-electron chi connectivity index (χ3n) is 4.79. The van der Waals surface area contributed by atoms with Gasteiger partial charge in [0.1, 0.15) is 0 Å². The van der Waals surface area contributed by atoms with Gasteiger partial charge in [-0.3, -0.25) is 0 Å². The predicted molar refractivity (Wildman–Crippen MR) is 130 cm³/mol. The van der Waals surface area contributed by atoms with Crippen molar-refractivity contribution in [3.05, 3.63) is 115 Å². The van der Waals surface area contributed by atoms with Crippen molar-refractivity contribution in [2.24, 2.45) is 0 Å². The van der Waals surface area contributed by atoms with Crippen LogP contribution in [0.2, 0.25) is 0 Å². The van der Waals surface area contributed by atoms with Crippen molar-refractivity contribution in [3.8, 4) is 11.1 Å². The first-order chi connectivity index (χ1) is 14.9. The first kappa shape index (κ1) is 19.3. The van der Waals surface area contributed by atoms with E-state index in [2.05, 4.69) is 115 Å². The van der Waals surface area contributed by atoms with E-state index in [1.807, 2.05) is 0 Å². The van der Waals surface area contributed by atoms with Gasteiger partial charge in [0.25, 0.3) is 0 Å². The molecule has 0 fully saturated rings. The predicted octanol–water partition coefficient (Wildman–Crippen LogP) is 3.21. The topological polar surface area (TPSA) is 12.9 Å².